The first-order valence-corrected chi connectivity index (χ1v) is 8.46. The van der Waals surface area contributed by atoms with E-state index in [0.717, 1.165) is 0 Å². The van der Waals surface area contributed by atoms with Gasteiger partial charge < -0.3 is 0 Å². The minimum Gasteiger partial charge on any atom is -0.287 e. The van der Waals surface area contributed by atoms with Crippen molar-refractivity contribution in [2.75, 3.05) is 0 Å². The van der Waals surface area contributed by atoms with Gasteiger partial charge in [-0.3, -0.25) is 4.90 Å². The van der Waals surface area contributed by atoms with Gasteiger partial charge in [-0.25, -0.2) is 0 Å². The Bertz CT molecular complexity index is 335. The minimum atomic E-state index is 0.439. The standard InChI is InChI=1S/C18H31N/c1-4-9-18-12-7-5-10-16(2)14-15-17(3,19(16)18)11-6-8-13-18/h4H,1,5-15H2,2-3H3/t16-,17?,18?/m1/s1. The third-order valence-corrected chi connectivity index (χ3v) is 6.50. The molecule has 3 atom stereocenters. The lowest BCUT2D eigenvalue weighted by Crippen LogP contribution is -2.61. The van der Waals surface area contributed by atoms with Crippen molar-refractivity contribution in [3.63, 3.8) is 0 Å². The van der Waals surface area contributed by atoms with Crippen molar-refractivity contribution in [1.82, 2.24) is 4.90 Å². The van der Waals surface area contributed by atoms with Crippen LogP contribution in [0.5, 0.6) is 0 Å². The Hall–Kier alpha value is -0.300. The summed E-state index contributed by atoms with van der Waals surface area (Å²) in [5.41, 5.74) is 1.38. The molecular formula is C18H31N. The molecule has 0 aromatic carbocycles. The zero-order valence-corrected chi connectivity index (χ0v) is 13.0. The van der Waals surface area contributed by atoms with E-state index in [0.29, 0.717) is 16.6 Å². The molecule has 19 heavy (non-hydrogen) atoms. The molecule has 0 amide bonds. The Kier molecular flexibility index (Phi) is 3.32. The van der Waals surface area contributed by atoms with Gasteiger partial charge in [0, 0.05) is 16.6 Å². The van der Waals surface area contributed by atoms with Gasteiger partial charge in [-0.1, -0.05) is 31.8 Å². The Morgan fingerprint density at radius 2 is 1.32 bits per heavy atom. The lowest BCUT2D eigenvalue weighted by molar-refractivity contribution is -0.0471. The molecule has 0 radical (unpaired) electrons. The van der Waals surface area contributed by atoms with Crippen LogP contribution in [-0.4, -0.2) is 21.5 Å². The van der Waals surface area contributed by atoms with Gasteiger partial charge in [0.05, 0.1) is 0 Å². The third-order valence-electron chi connectivity index (χ3n) is 6.50. The summed E-state index contributed by atoms with van der Waals surface area (Å²) in [6.45, 7) is 9.22. The van der Waals surface area contributed by atoms with E-state index in [9.17, 15) is 0 Å². The molecule has 3 heterocycles. The summed E-state index contributed by atoms with van der Waals surface area (Å²) in [6, 6.07) is 0. The van der Waals surface area contributed by atoms with Crippen LogP contribution >= 0.6 is 0 Å². The summed E-state index contributed by atoms with van der Waals surface area (Å²) in [4.78, 5) is 3.04. The normalized spacial score (nSPS) is 47.3. The van der Waals surface area contributed by atoms with Crippen molar-refractivity contribution in [1.29, 1.82) is 0 Å². The highest BCUT2D eigenvalue weighted by atomic mass is 15.3. The largest absolute Gasteiger partial charge is 0.287 e. The van der Waals surface area contributed by atoms with Crippen molar-refractivity contribution in [3.8, 4) is 0 Å². The Morgan fingerprint density at radius 3 is 1.79 bits per heavy atom. The molecule has 3 aliphatic rings. The molecule has 3 saturated heterocycles. The monoisotopic (exact) mass is 261 g/mol. The van der Waals surface area contributed by atoms with Crippen LogP contribution in [0.3, 0.4) is 0 Å². The molecule has 3 fully saturated rings. The Labute approximate surface area is 119 Å². The maximum atomic E-state index is 4.09. The summed E-state index contributed by atoms with van der Waals surface area (Å²) >= 11 is 0. The highest BCUT2D eigenvalue weighted by Crippen LogP contribution is 2.56. The van der Waals surface area contributed by atoms with Crippen molar-refractivity contribution in [2.24, 2.45) is 0 Å². The number of rotatable bonds is 2. The SMILES string of the molecule is C=CCC12CCCCC3(C)CC[C@@](C)(CCCC1)N32. The first-order chi connectivity index (χ1) is 9.05. The molecular weight excluding hydrogens is 230 g/mol. The molecule has 0 saturated carbocycles. The van der Waals surface area contributed by atoms with Crippen molar-refractivity contribution in [2.45, 2.75) is 101 Å². The van der Waals surface area contributed by atoms with Gasteiger partial charge >= 0.3 is 0 Å². The fraction of sp³-hybridized carbons (Fsp3) is 0.889. The van der Waals surface area contributed by atoms with E-state index in [1.807, 2.05) is 0 Å². The molecule has 1 nitrogen and oxygen atoms in total. The molecule has 0 spiro atoms. The van der Waals surface area contributed by atoms with Gasteiger partial charge in [-0.05, 0) is 58.8 Å². The maximum absolute atomic E-state index is 4.09. The zero-order valence-electron chi connectivity index (χ0n) is 13.0. The summed E-state index contributed by atoms with van der Waals surface area (Å²) in [5, 5.41) is 0. The summed E-state index contributed by atoms with van der Waals surface area (Å²) < 4.78 is 0. The van der Waals surface area contributed by atoms with E-state index in [2.05, 4.69) is 31.4 Å². The van der Waals surface area contributed by atoms with Crippen LogP contribution in [0.2, 0.25) is 0 Å². The molecule has 0 aromatic heterocycles. The average Bonchev–Trinajstić information content (AvgIpc) is 2.50. The number of hydrogen-bond acceptors (Lipinski definition) is 1. The van der Waals surface area contributed by atoms with Crippen LogP contribution in [0.4, 0.5) is 0 Å². The van der Waals surface area contributed by atoms with E-state index in [-0.39, 0.29) is 0 Å². The van der Waals surface area contributed by atoms with Gasteiger partial charge in [0.2, 0.25) is 0 Å². The first kappa shape index (κ1) is 13.7. The molecule has 3 aliphatic heterocycles. The molecule has 0 N–H and O–H groups in total. The second-order valence-corrected chi connectivity index (χ2v) is 7.96. The number of hydrogen-bond donors (Lipinski definition) is 0. The lowest BCUT2D eigenvalue weighted by atomic mass is 9.81. The summed E-state index contributed by atoms with van der Waals surface area (Å²) in [6.07, 6.45) is 17.6. The van der Waals surface area contributed by atoms with Gasteiger partial charge in [0.1, 0.15) is 0 Å². The van der Waals surface area contributed by atoms with Crippen LogP contribution in [0, 0.1) is 0 Å². The maximum Gasteiger partial charge on any atom is 0.0254 e. The average molecular weight is 261 g/mol. The lowest BCUT2D eigenvalue weighted by Gasteiger charge is -2.54. The fourth-order valence-corrected chi connectivity index (χ4v) is 5.87. The topological polar surface area (TPSA) is 3.24 Å². The van der Waals surface area contributed by atoms with Crippen molar-refractivity contribution >= 4 is 0 Å². The second-order valence-electron chi connectivity index (χ2n) is 7.96. The van der Waals surface area contributed by atoms with E-state index < -0.39 is 0 Å². The fourth-order valence-electron chi connectivity index (χ4n) is 5.87. The van der Waals surface area contributed by atoms with Gasteiger partial charge in [0.25, 0.3) is 0 Å². The first-order valence-electron chi connectivity index (χ1n) is 8.46. The van der Waals surface area contributed by atoms with Crippen LogP contribution in [0.15, 0.2) is 12.7 Å². The smallest absolute Gasteiger partial charge is 0.0254 e. The molecule has 0 bridgehead atoms. The summed E-state index contributed by atoms with van der Waals surface area (Å²) in [5.74, 6) is 0. The summed E-state index contributed by atoms with van der Waals surface area (Å²) in [7, 11) is 0. The highest BCUT2D eigenvalue weighted by molar-refractivity contribution is 5.15. The molecule has 1 heteroatoms. The number of nitrogens with zero attached hydrogens (tertiary/aromatic N) is 1. The highest BCUT2D eigenvalue weighted by Gasteiger charge is 2.58. The van der Waals surface area contributed by atoms with E-state index in [1.165, 1.54) is 70.6 Å². The quantitative estimate of drug-likeness (QED) is 0.628. The van der Waals surface area contributed by atoms with Crippen LogP contribution < -0.4 is 0 Å². The molecule has 3 rings (SSSR count). The van der Waals surface area contributed by atoms with Crippen LogP contribution in [0.1, 0.15) is 84.5 Å². The third kappa shape index (κ3) is 2.00. The van der Waals surface area contributed by atoms with Gasteiger partial charge in [-0.15, -0.1) is 6.58 Å². The zero-order chi connectivity index (χ0) is 13.6. The molecule has 0 aromatic rings. The molecule has 0 aliphatic carbocycles. The van der Waals surface area contributed by atoms with E-state index in [1.54, 1.807) is 0 Å². The van der Waals surface area contributed by atoms with Crippen LogP contribution in [0.25, 0.3) is 0 Å². The predicted octanol–water partition coefficient (Wildman–Crippen LogP) is 5.06. The minimum absolute atomic E-state index is 0.439. The van der Waals surface area contributed by atoms with Crippen molar-refractivity contribution < 1.29 is 0 Å². The van der Waals surface area contributed by atoms with Gasteiger partial charge in [-0.2, -0.15) is 0 Å². The Balaban J connectivity index is 2.08. The van der Waals surface area contributed by atoms with Crippen LogP contribution in [-0.2, 0) is 0 Å². The predicted molar refractivity (Wildman–Crippen MR) is 82.4 cm³/mol. The second kappa shape index (κ2) is 4.62. The van der Waals surface area contributed by atoms with Gasteiger partial charge in [0.15, 0.2) is 0 Å². The van der Waals surface area contributed by atoms with E-state index in [4.69, 9.17) is 0 Å². The van der Waals surface area contributed by atoms with Crippen molar-refractivity contribution in [3.05, 3.63) is 12.7 Å². The molecule has 2 unspecified atom stereocenters. The Morgan fingerprint density at radius 1 is 0.842 bits per heavy atom. The van der Waals surface area contributed by atoms with E-state index >= 15 is 0 Å². The molecule has 108 valence electrons.